The molecule has 0 aromatic heterocycles. The third-order valence-electron chi connectivity index (χ3n) is 5.74. The van der Waals surface area contributed by atoms with Crippen molar-refractivity contribution in [3.63, 3.8) is 0 Å². The Bertz CT molecular complexity index is 1540. The molecule has 0 atom stereocenters. The number of carbonyl (C=O) groups is 4. The number of imide groups is 2. The molecule has 0 radical (unpaired) electrons. The van der Waals surface area contributed by atoms with Crippen LogP contribution in [0.5, 0.6) is 17.2 Å². The van der Waals surface area contributed by atoms with E-state index in [0.29, 0.717) is 33.9 Å². The van der Waals surface area contributed by atoms with Crippen LogP contribution in [0.3, 0.4) is 0 Å². The minimum absolute atomic E-state index is 0.0318. The van der Waals surface area contributed by atoms with Crippen LogP contribution in [0, 0.1) is 5.82 Å². The van der Waals surface area contributed by atoms with Gasteiger partial charge in [-0.15, -0.1) is 0 Å². The van der Waals surface area contributed by atoms with Crippen LogP contribution in [0.4, 0.5) is 20.6 Å². The number of halogens is 2. The van der Waals surface area contributed by atoms with E-state index < -0.39 is 36.2 Å². The number of hydrogen-bond acceptors (Lipinski definition) is 7. The van der Waals surface area contributed by atoms with E-state index in [2.05, 4.69) is 26.6 Å². The third-order valence-corrected chi connectivity index (χ3v) is 6.36. The van der Waals surface area contributed by atoms with Crippen molar-refractivity contribution < 1.29 is 37.8 Å². The second-order valence-electron chi connectivity index (χ2n) is 8.65. The Labute approximate surface area is 243 Å². The van der Waals surface area contributed by atoms with E-state index >= 15 is 0 Å². The molecular weight excluding hydrogens is 601 g/mol. The molecule has 0 unspecified atom stereocenters. The van der Waals surface area contributed by atoms with Crippen molar-refractivity contribution in [2.75, 3.05) is 30.5 Å². The zero-order valence-corrected chi connectivity index (χ0v) is 23.6. The molecule has 4 rings (SSSR count). The highest BCUT2D eigenvalue weighted by Gasteiger charge is 2.37. The number of carbonyl (C=O) groups excluding carboxylic acids is 4. The molecule has 1 aliphatic rings. The van der Waals surface area contributed by atoms with Crippen LogP contribution in [0.25, 0.3) is 6.08 Å². The van der Waals surface area contributed by atoms with Crippen molar-refractivity contribution in [2.45, 2.75) is 13.3 Å². The van der Waals surface area contributed by atoms with E-state index in [1.165, 1.54) is 49.6 Å². The first-order valence-corrected chi connectivity index (χ1v) is 13.2. The van der Waals surface area contributed by atoms with Crippen LogP contribution < -0.4 is 29.7 Å². The molecule has 1 aliphatic heterocycles. The fourth-order valence-electron chi connectivity index (χ4n) is 3.80. The molecule has 3 aromatic rings. The molecule has 0 aliphatic carbocycles. The number of barbiturate groups is 1. The number of urea groups is 1. The lowest BCUT2D eigenvalue weighted by Crippen LogP contribution is -2.54. The van der Waals surface area contributed by atoms with Gasteiger partial charge in [-0.3, -0.25) is 19.7 Å². The van der Waals surface area contributed by atoms with E-state index in [0.717, 1.165) is 11.3 Å². The number of rotatable bonds is 10. The standard InChI is InChI=1S/C29H25BrFN3O7/c1-3-12-40-24-11-9-18(15-25(24)39-2)34-28(37)19(27(36)33-29(34)38)13-17-8-10-23(20(30)14-17)41-16-26(35)32-22-7-5-4-6-21(22)31/h4-11,13-15H,3,12,16H2,1-2H3,(H,32,35)(H,33,36,38)/b19-13-. The first-order chi connectivity index (χ1) is 19.7. The van der Waals surface area contributed by atoms with E-state index in [1.54, 1.807) is 24.3 Å². The average molecular weight is 626 g/mol. The second kappa shape index (κ2) is 13.1. The molecule has 212 valence electrons. The summed E-state index contributed by atoms with van der Waals surface area (Å²) in [6.45, 7) is 2.02. The van der Waals surface area contributed by atoms with Crippen LogP contribution in [-0.4, -0.2) is 44.1 Å². The number of hydrogen-bond donors (Lipinski definition) is 2. The molecule has 1 fully saturated rings. The van der Waals surface area contributed by atoms with Crippen LogP contribution in [0.1, 0.15) is 18.9 Å². The molecule has 41 heavy (non-hydrogen) atoms. The highest BCUT2D eigenvalue weighted by Crippen LogP contribution is 2.34. The normalized spacial score (nSPS) is 14.1. The Balaban J connectivity index is 1.50. The Morgan fingerprint density at radius 1 is 1.02 bits per heavy atom. The molecule has 10 nitrogen and oxygen atoms in total. The van der Waals surface area contributed by atoms with Gasteiger partial charge in [-0.05, 0) is 70.4 Å². The van der Waals surface area contributed by atoms with Crippen molar-refractivity contribution in [3.8, 4) is 17.2 Å². The van der Waals surface area contributed by atoms with Gasteiger partial charge in [0.25, 0.3) is 17.7 Å². The number of benzene rings is 3. The number of ether oxygens (including phenoxy) is 3. The van der Waals surface area contributed by atoms with Gasteiger partial charge in [0.05, 0.1) is 29.6 Å². The van der Waals surface area contributed by atoms with Crippen LogP contribution in [-0.2, 0) is 14.4 Å². The summed E-state index contributed by atoms with van der Waals surface area (Å²) in [5, 5.41) is 4.60. The van der Waals surface area contributed by atoms with Gasteiger partial charge in [-0.1, -0.05) is 25.1 Å². The van der Waals surface area contributed by atoms with Gasteiger partial charge in [-0.2, -0.15) is 0 Å². The first kappa shape index (κ1) is 29.3. The van der Waals surface area contributed by atoms with Gasteiger partial charge < -0.3 is 19.5 Å². The van der Waals surface area contributed by atoms with E-state index in [9.17, 15) is 23.6 Å². The number of nitrogens with zero attached hydrogens (tertiary/aromatic N) is 1. The Morgan fingerprint density at radius 2 is 1.78 bits per heavy atom. The summed E-state index contributed by atoms with van der Waals surface area (Å²) in [6.07, 6.45) is 2.11. The van der Waals surface area contributed by atoms with Crippen molar-refractivity contribution >= 4 is 57.1 Å². The quantitative estimate of drug-likeness (QED) is 0.238. The van der Waals surface area contributed by atoms with Gasteiger partial charge >= 0.3 is 6.03 Å². The summed E-state index contributed by atoms with van der Waals surface area (Å²) in [5.74, 6) is -1.75. The molecular formula is C29H25BrFN3O7. The first-order valence-electron chi connectivity index (χ1n) is 12.4. The number of methoxy groups -OCH3 is 1. The van der Waals surface area contributed by atoms with E-state index in [1.807, 2.05) is 6.92 Å². The maximum atomic E-state index is 13.7. The highest BCUT2D eigenvalue weighted by atomic mass is 79.9. The zero-order valence-electron chi connectivity index (χ0n) is 22.0. The minimum atomic E-state index is -0.903. The smallest absolute Gasteiger partial charge is 0.335 e. The molecule has 2 N–H and O–H groups in total. The van der Waals surface area contributed by atoms with Gasteiger partial charge in [-0.25, -0.2) is 14.1 Å². The Hall–Kier alpha value is -4.71. The molecule has 5 amide bonds. The number of para-hydroxylation sites is 1. The monoisotopic (exact) mass is 625 g/mol. The molecule has 1 saturated heterocycles. The van der Waals surface area contributed by atoms with Gasteiger partial charge in [0.1, 0.15) is 17.1 Å². The maximum Gasteiger partial charge on any atom is 0.335 e. The van der Waals surface area contributed by atoms with Crippen LogP contribution in [0.2, 0.25) is 0 Å². The number of nitrogens with one attached hydrogen (secondary N) is 2. The molecule has 0 saturated carbocycles. The Kier molecular flexibility index (Phi) is 9.35. The lowest BCUT2D eigenvalue weighted by molar-refractivity contribution is -0.122. The molecule has 0 bridgehead atoms. The summed E-state index contributed by atoms with van der Waals surface area (Å²) in [4.78, 5) is 51.5. The van der Waals surface area contributed by atoms with Crippen molar-refractivity contribution in [3.05, 3.63) is 82.1 Å². The summed E-state index contributed by atoms with van der Waals surface area (Å²) < 4.78 is 30.7. The topological polar surface area (TPSA) is 123 Å². The van der Waals surface area contributed by atoms with Crippen molar-refractivity contribution in [1.29, 1.82) is 0 Å². The summed E-state index contributed by atoms with van der Waals surface area (Å²) in [7, 11) is 1.44. The highest BCUT2D eigenvalue weighted by molar-refractivity contribution is 9.10. The summed E-state index contributed by atoms with van der Waals surface area (Å²) >= 11 is 3.35. The number of amides is 5. The molecule has 0 spiro atoms. The second-order valence-corrected chi connectivity index (χ2v) is 9.50. The van der Waals surface area contributed by atoms with E-state index in [4.69, 9.17) is 14.2 Å². The fourth-order valence-corrected chi connectivity index (χ4v) is 4.31. The molecule has 3 aromatic carbocycles. The molecule has 12 heteroatoms. The molecule has 1 heterocycles. The lowest BCUT2D eigenvalue weighted by Gasteiger charge is -2.27. The van der Waals surface area contributed by atoms with Crippen molar-refractivity contribution in [1.82, 2.24) is 5.32 Å². The van der Waals surface area contributed by atoms with Gasteiger partial charge in [0.2, 0.25) is 0 Å². The number of anilines is 2. The summed E-state index contributed by atoms with van der Waals surface area (Å²) in [6, 6.07) is 14.1. The third kappa shape index (κ3) is 6.90. The van der Waals surface area contributed by atoms with Crippen LogP contribution in [0.15, 0.2) is 70.7 Å². The fraction of sp³-hybridized carbons (Fsp3) is 0.172. The average Bonchev–Trinajstić information content (AvgIpc) is 2.95. The zero-order chi connectivity index (χ0) is 29.5. The van der Waals surface area contributed by atoms with Crippen molar-refractivity contribution in [2.24, 2.45) is 0 Å². The predicted octanol–water partition coefficient (Wildman–Crippen LogP) is 5.07. The lowest BCUT2D eigenvalue weighted by atomic mass is 10.1. The van der Waals surface area contributed by atoms with Crippen LogP contribution >= 0.6 is 15.9 Å². The predicted molar refractivity (Wildman–Crippen MR) is 152 cm³/mol. The Morgan fingerprint density at radius 3 is 2.49 bits per heavy atom. The van der Waals surface area contributed by atoms with Gasteiger partial charge in [0, 0.05) is 6.07 Å². The maximum absolute atomic E-state index is 13.7. The van der Waals surface area contributed by atoms with E-state index in [-0.39, 0.29) is 16.9 Å². The summed E-state index contributed by atoms with van der Waals surface area (Å²) in [5.41, 5.74) is 0.378. The largest absolute Gasteiger partial charge is 0.493 e. The SMILES string of the molecule is CCCOc1ccc(N2C(=O)NC(=O)/C(=C/c3ccc(OCC(=O)Nc4ccccc4F)c(Br)c3)C2=O)cc1OC. The van der Waals surface area contributed by atoms with Gasteiger partial charge in [0.15, 0.2) is 18.1 Å². The minimum Gasteiger partial charge on any atom is -0.493 e.